The lowest BCUT2D eigenvalue weighted by Gasteiger charge is -2.39. The molecular formula is C18H24N6O2. The van der Waals surface area contributed by atoms with Gasteiger partial charge in [0.15, 0.2) is 18.2 Å². The van der Waals surface area contributed by atoms with Gasteiger partial charge < -0.3 is 19.6 Å². The number of piperazine rings is 1. The molecule has 3 aliphatic rings. The minimum absolute atomic E-state index is 0.276. The summed E-state index contributed by atoms with van der Waals surface area (Å²) in [6, 6.07) is 9.17. The molecule has 2 fully saturated rings. The van der Waals surface area contributed by atoms with Crippen molar-refractivity contribution in [2.24, 2.45) is 4.99 Å². The summed E-state index contributed by atoms with van der Waals surface area (Å²) in [5, 5.41) is 2.45. The van der Waals surface area contributed by atoms with E-state index in [2.05, 4.69) is 22.2 Å². The maximum atomic E-state index is 12.6. The highest BCUT2D eigenvalue weighted by Gasteiger charge is 2.49. The Morgan fingerprint density at radius 2 is 1.77 bits per heavy atom. The molecule has 26 heavy (non-hydrogen) atoms. The summed E-state index contributed by atoms with van der Waals surface area (Å²) in [4.78, 5) is 37.5. The number of benzene rings is 1. The van der Waals surface area contributed by atoms with Crippen LogP contribution in [-0.2, 0) is 11.3 Å². The second kappa shape index (κ2) is 6.60. The number of rotatable bonds is 2. The van der Waals surface area contributed by atoms with Crippen molar-refractivity contribution < 1.29 is 9.59 Å². The van der Waals surface area contributed by atoms with Crippen LogP contribution in [0, 0.1) is 0 Å². The van der Waals surface area contributed by atoms with Crippen LogP contribution in [0.3, 0.4) is 0 Å². The van der Waals surface area contributed by atoms with Crippen molar-refractivity contribution in [1.82, 2.24) is 24.9 Å². The van der Waals surface area contributed by atoms with Gasteiger partial charge in [0.05, 0.1) is 0 Å². The zero-order valence-electron chi connectivity index (χ0n) is 15.1. The van der Waals surface area contributed by atoms with Crippen molar-refractivity contribution in [3.8, 4) is 0 Å². The molecular weight excluding hydrogens is 332 g/mol. The maximum absolute atomic E-state index is 12.6. The number of likely N-dealkylation sites (N-methyl/N-ethyl adjacent to an activating group) is 2. The molecule has 4 rings (SSSR count). The molecule has 0 aliphatic carbocycles. The third kappa shape index (κ3) is 2.90. The SMILES string of the molecule is CN1CCN(C2=NC3C(C(=O)NC(=O)N3C)N2Cc2ccccc2)CC1. The van der Waals surface area contributed by atoms with Crippen LogP contribution in [0.4, 0.5) is 4.79 Å². The number of amides is 3. The standard InChI is InChI=1S/C18H24N6O2/c1-21-8-10-23(11-9-21)17-19-15-14(16(25)20-18(26)22(15)2)24(17)12-13-6-4-3-5-7-13/h3-7,14-15H,8-12H2,1-2H3,(H,20,25,26). The fraction of sp³-hybridized carbons (Fsp3) is 0.500. The molecule has 1 aromatic rings. The molecule has 3 amide bonds. The number of carbonyl (C=O) groups excluding carboxylic acids is 2. The number of hydrogen-bond acceptors (Lipinski definition) is 6. The van der Waals surface area contributed by atoms with Gasteiger partial charge in [0, 0.05) is 39.8 Å². The highest BCUT2D eigenvalue weighted by Crippen LogP contribution is 2.27. The summed E-state index contributed by atoms with van der Waals surface area (Å²) in [6.45, 7) is 4.21. The Hall–Kier alpha value is -2.61. The van der Waals surface area contributed by atoms with E-state index in [9.17, 15) is 9.59 Å². The predicted octanol–water partition coefficient (Wildman–Crippen LogP) is -0.0181. The van der Waals surface area contributed by atoms with E-state index in [1.54, 1.807) is 7.05 Å². The maximum Gasteiger partial charge on any atom is 0.325 e. The van der Waals surface area contributed by atoms with Gasteiger partial charge in [-0.05, 0) is 12.6 Å². The molecule has 3 heterocycles. The Balaban J connectivity index is 1.66. The monoisotopic (exact) mass is 356 g/mol. The first kappa shape index (κ1) is 16.8. The van der Waals surface area contributed by atoms with E-state index >= 15 is 0 Å². The quantitative estimate of drug-likeness (QED) is 0.807. The molecule has 8 nitrogen and oxygen atoms in total. The second-order valence-corrected chi connectivity index (χ2v) is 7.10. The van der Waals surface area contributed by atoms with Crippen molar-refractivity contribution in [2.75, 3.05) is 40.3 Å². The van der Waals surface area contributed by atoms with Gasteiger partial charge in [-0.1, -0.05) is 30.3 Å². The van der Waals surface area contributed by atoms with Crippen LogP contribution in [-0.4, -0.2) is 90.0 Å². The number of aliphatic imine (C=N–C) groups is 1. The number of fused-ring (bicyclic) bond motifs is 1. The first-order valence-electron chi connectivity index (χ1n) is 8.94. The van der Waals surface area contributed by atoms with Crippen LogP contribution in [0.1, 0.15) is 5.56 Å². The number of urea groups is 1. The van der Waals surface area contributed by atoms with Gasteiger partial charge in [0.2, 0.25) is 0 Å². The van der Waals surface area contributed by atoms with Gasteiger partial charge >= 0.3 is 6.03 Å². The van der Waals surface area contributed by atoms with Crippen LogP contribution in [0.2, 0.25) is 0 Å². The first-order chi connectivity index (χ1) is 12.5. The molecule has 1 N–H and O–H groups in total. The number of guanidine groups is 1. The van der Waals surface area contributed by atoms with Gasteiger partial charge in [0.1, 0.15) is 0 Å². The van der Waals surface area contributed by atoms with Crippen LogP contribution in [0.15, 0.2) is 35.3 Å². The molecule has 1 aromatic carbocycles. The zero-order valence-corrected chi connectivity index (χ0v) is 15.1. The summed E-state index contributed by atoms with van der Waals surface area (Å²) in [5.41, 5.74) is 1.11. The zero-order chi connectivity index (χ0) is 18.3. The Bertz CT molecular complexity index is 728. The lowest BCUT2D eigenvalue weighted by molar-refractivity contribution is -0.127. The Labute approximate surface area is 153 Å². The van der Waals surface area contributed by atoms with Crippen LogP contribution >= 0.6 is 0 Å². The van der Waals surface area contributed by atoms with Crippen molar-refractivity contribution in [1.29, 1.82) is 0 Å². The third-order valence-electron chi connectivity index (χ3n) is 5.32. The summed E-state index contributed by atoms with van der Waals surface area (Å²) in [7, 11) is 3.80. The molecule has 8 heteroatoms. The number of imide groups is 1. The van der Waals surface area contributed by atoms with Crippen LogP contribution in [0.25, 0.3) is 0 Å². The summed E-state index contributed by atoms with van der Waals surface area (Å²) in [5.74, 6) is 0.538. The van der Waals surface area contributed by atoms with Gasteiger partial charge in [-0.3, -0.25) is 10.1 Å². The fourth-order valence-corrected chi connectivity index (χ4v) is 3.73. The van der Waals surface area contributed by atoms with Gasteiger partial charge in [-0.2, -0.15) is 0 Å². The van der Waals surface area contributed by atoms with Gasteiger partial charge in [0.25, 0.3) is 5.91 Å². The number of hydrogen-bond donors (Lipinski definition) is 1. The molecule has 3 aliphatic heterocycles. The molecule has 138 valence electrons. The van der Waals surface area contributed by atoms with Crippen molar-refractivity contribution in [2.45, 2.75) is 18.8 Å². The molecule has 0 aromatic heterocycles. The Morgan fingerprint density at radius 3 is 2.46 bits per heavy atom. The fourth-order valence-electron chi connectivity index (χ4n) is 3.73. The second-order valence-electron chi connectivity index (χ2n) is 7.10. The minimum atomic E-state index is -0.493. The predicted molar refractivity (Wildman–Crippen MR) is 97.4 cm³/mol. The van der Waals surface area contributed by atoms with Gasteiger partial charge in [-0.25, -0.2) is 9.79 Å². The topological polar surface area (TPSA) is 71.5 Å². The van der Waals surface area contributed by atoms with Gasteiger partial charge in [-0.15, -0.1) is 0 Å². The lowest BCUT2D eigenvalue weighted by Crippen LogP contribution is -2.64. The molecule has 2 saturated heterocycles. The van der Waals surface area contributed by atoms with Crippen LogP contribution in [0.5, 0.6) is 0 Å². The summed E-state index contributed by atoms with van der Waals surface area (Å²) < 4.78 is 0. The molecule has 2 atom stereocenters. The molecule has 0 spiro atoms. The van der Waals surface area contributed by atoms with E-state index < -0.39 is 12.2 Å². The molecule has 2 unspecified atom stereocenters. The minimum Gasteiger partial charge on any atom is -0.340 e. The van der Waals surface area contributed by atoms with E-state index in [-0.39, 0.29) is 11.9 Å². The molecule has 0 saturated carbocycles. The number of nitrogens with zero attached hydrogens (tertiary/aromatic N) is 5. The number of carbonyl (C=O) groups is 2. The van der Waals surface area contributed by atoms with Crippen LogP contribution < -0.4 is 5.32 Å². The average Bonchev–Trinajstić information content (AvgIpc) is 3.01. The smallest absolute Gasteiger partial charge is 0.325 e. The van der Waals surface area contributed by atoms with E-state index in [1.807, 2.05) is 35.2 Å². The third-order valence-corrected chi connectivity index (χ3v) is 5.32. The molecule has 0 radical (unpaired) electrons. The summed E-state index contributed by atoms with van der Waals surface area (Å²) >= 11 is 0. The van der Waals surface area contributed by atoms with Crippen molar-refractivity contribution in [3.63, 3.8) is 0 Å². The van der Waals surface area contributed by atoms with E-state index in [1.165, 1.54) is 4.90 Å². The lowest BCUT2D eigenvalue weighted by atomic mass is 10.1. The highest BCUT2D eigenvalue weighted by molar-refractivity contribution is 6.03. The normalized spacial score (nSPS) is 26.7. The summed E-state index contributed by atoms with van der Waals surface area (Å²) in [6.07, 6.45) is -0.477. The van der Waals surface area contributed by atoms with Crippen molar-refractivity contribution >= 4 is 17.9 Å². The Kier molecular flexibility index (Phi) is 4.28. The van der Waals surface area contributed by atoms with E-state index in [0.29, 0.717) is 6.54 Å². The number of nitrogens with one attached hydrogen (secondary N) is 1. The molecule has 0 bridgehead atoms. The van der Waals surface area contributed by atoms with E-state index in [4.69, 9.17) is 4.99 Å². The largest absolute Gasteiger partial charge is 0.340 e. The van der Waals surface area contributed by atoms with Crippen molar-refractivity contribution in [3.05, 3.63) is 35.9 Å². The Morgan fingerprint density at radius 1 is 1.08 bits per heavy atom. The highest BCUT2D eigenvalue weighted by atomic mass is 16.2. The first-order valence-corrected chi connectivity index (χ1v) is 8.94. The van der Waals surface area contributed by atoms with E-state index in [0.717, 1.165) is 37.7 Å². The average molecular weight is 356 g/mol.